The van der Waals surface area contributed by atoms with Crippen LogP contribution in [0.5, 0.6) is 0 Å². The number of aryl methyl sites for hydroxylation is 1. The topological polar surface area (TPSA) is 62.3 Å². The van der Waals surface area contributed by atoms with Crippen molar-refractivity contribution in [1.82, 2.24) is 10.3 Å². The first kappa shape index (κ1) is 12.5. The van der Waals surface area contributed by atoms with E-state index in [1.54, 1.807) is 7.05 Å². The van der Waals surface area contributed by atoms with Crippen LogP contribution in [0.3, 0.4) is 0 Å². The minimum absolute atomic E-state index is 0.120. The summed E-state index contributed by atoms with van der Waals surface area (Å²) in [6, 6.07) is 2.21. The Morgan fingerprint density at radius 3 is 2.83 bits per heavy atom. The van der Waals surface area contributed by atoms with Gasteiger partial charge in [0.1, 0.15) is 17.7 Å². The zero-order chi connectivity index (χ0) is 13.3. The third-order valence-electron chi connectivity index (χ3n) is 2.97. The molecule has 0 spiro atoms. The largest absolute Gasteiger partial charge is 0.344 e. The van der Waals surface area contributed by atoms with E-state index in [1.165, 1.54) is 24.0 Å². The Hall–Kier alpha value is -1.98. The van der Waals surface area contributed by atoms with Crippen LogP contribution >= 0.6 is 0 Å². The lowest BCUT2D eigenvalue weighted by molar-refractivity contribution is -0.124. The Kier molecular flexibility index (Phi) is 3.27. The maximum Gasteiger partial charge on any atom is 0.250 e. The number of carbonyl (C=O) groups excluding carboxylic acids is 2. The van der Waals surface area contributed by atoms with E-state index in [0.717, 1.165) is 0 Å². The van der Waals surface area contributed by atoms with Crippen molar-refractivity contribution in [3.8, 4) is 0 Å². The molecule has 18 heavy (non-hydrogen) atoms. The third kappa shape index (κ3) is 2.32. The molecular weight excluding hydrogens is 237 g/mol. The monoisotopic (exact) mass is 251 g/mol. The highest BCUT2D eigenvalue weighted by Crippen LogP contribution is 2.16. The smallest absolute Gasteiger partial charge is 0.250 e. The maximum atomic E-state index is 13.1. The minimum Gasteiger partial charge on any atom is -0.344 e. The van der Waals surface area contributed by atoms with Crippen molar-refractivity contribution in [2.45, 2.75) is 25.8 Å². The van der Waals surface area contributed by atoms with E-state index in [0.29, 0.717) is 18.7 Å². The average molecular weight is 251 g/mol. The molecule has 96 valence electrons. The summed E-state index contributed by atoms with van der Waals surface area (Å²) in [5, 5.41) is 2.60. The number of likely N-dealkylation sites (N-methyl/N-ethyl adjacent to an activating group) is 1. The number of amides is 2. The standard InChI is InChI=1S/C12H14FN3O2/c1-7-8(13)3-5-10(14-7)16(2)12(18)9-4-6-11(17)15-9/h3,5,9H,4,6H2,1-2H3,(H,15,17)/t9-/m0/s1. The van der Waals surface area contributed by atoms with Crippen LogP contribution in [0.25, 0.3) is 0 Å². The molecule has 1 N–H and O–H groups in total. The Bertz CT molecular complexity index is 504. The number of halogens is 1. The Morgan fingerprint density at radius 2 is 2.28 bits per heavy atom. The van der Waals surface area contributed by atoms with Gasteiger partial charge in [-0.3, -0.25) is 14.5 Å². The summed E-state index contributed by atoms with van der Waals surface area (Å²) in [5.41, 5.74) is 0.239. The number of nitrogens with one attached hydrogen (secondary N) is 1. The molecule has 2 amide bonds. The lowest BCUT2D eigenvalue weighted by atomic mass is 10.2. The molecule has 0 saturated carbocycles. The van der Waals surface area contributed by atoms with E-state index in [-0.39, 0.29) is 17.5 Å². The van der Waals surface area contributed by atoms with Gasteiger partial charge in [-0.1, -0.05) is 0 Å². The van der Waals surface area contributed by atoms with Gasteiger partial charge in [0, 0.05) is 13.5 Å². The number of carbonyl (C=O) groups is 2. The summed E-state index contributed by atoms with van der Waals surface area (Å²) in [7, 11) is 1.56. The predicted molar refractivity (Wildman–Crippen MR) is 63.5 cm³/mol. The number of hydrogen-bond acceptors (Lipinski definition) is 3. The van der Waals surface area contributed by atoms with Crippen LogP contribution in [0, 0.1) is 12.7 Å². The summed E-state index contributed by atoms with van der Waals surface area (Å²) < 4.78 is 13.1. The Balaban J connectivity index is 2.15. The second kappa shape index (κ2) is 4.72. The van der Waals surface area contributed by atoms with Crippen LogP contribution in [0.1, 0.15) is 18.5 Å². The molecular formula is C12H14FN3O2. The number of rotatable bonds is 2. The number of nitrogens with zero attached hydrogens (tertiary/aromatic N) is 2. The van der Waals surface area contributed by atoms with E-state index < -0.39 is 11.9 Å². The summed E-state index contributed by atoms with van der Waals surface area (Å²) >= 11 is 0. The van der Waals surface area contributed by atoms with Crippen LogP contribution < -0.4 is 10.2 Å². The Labute approximate surface area is 104 Å². The average Bonchev–Trinajstić information content (AvgIpc) is 2.77. The first-order chi connectivity index (χ1) is 8.49. The zero-order valence-electron chi connectivity index (χ0n) is 10.2. The van der Waals surface area contributed by atoms with Gasteiger partial charge in [-0.2, -0.15) is 0 Å². The van der Waals surface area contributed by atoms with Crippen molar-refractivity contribution in [3.63, 3.8) is 0 Å². The van der Waals surface area contributed by atoms with Crippen molar-refractivity contribution in [2.24, 2.45) is 0 Å². The van der Waals surface area contributed by atoms with Gasteiger partial charge >= 0.3 is 0 Å². The highest BCUT2D eigenvalue weighted by atomic mass is 19.1. The van der Waals surface area contributed by atoms with E-state index in [1.807, 2.05) is 0 Å². The van der Waals surface area contributed by atoms with E-state index in [9.17, 15) is 14.0 Å². The molecule has 0 aromatic carbocycles. The molecule has 1 aromatic heterocycles. The minimum atomic E-state index is -0.505. The van der Waals surface area contributed by atoms with Gasteiger partial charge in [-0.05, 0) is 25.5 Å². The second-order valence-electron chi connectivity index (χ2n) is 4.29. The number of hydrogen-bond donors (Lipinski definition) is 1. The normalized spacial score (nSPS) is 18.6. The molecule has 1 atom stereocenters. The molecule has 1 aromatic rings. The summed E-state index contributed by atoms with van der Waals surface area (Å²) in [6.45, 7) is 1.54. The van der Waals surface area contributed by atoms with Crippen molar-refractivity contribution in [3.05, 3.63) is 23.6 Å². The van der Waals surface area contributed by atoms with Crippen molar-refractivity contribution in [2.75, 3.05) is 11.9 Å². The quantitative estimate of drug-likeness (QED) is 0.844. The molecule has 1 saturated heterocycles. The van der Waals surface area contributed by atoms with Crippen LogP contribution in [0.2, 0.25) is 0 Å². The van der Waals surface area contributed by atoms with Crippen molar-refractivity contribution in [1.29, 1.82) is 0 Å². The molecule has 1 fully saturated rings. The molecule has 0 radical (unpaired) electrons. The van der Waals surface area contributed by atoms with E-state index in [4.69, 9.17) is 0 Å². The van der Waals surface area contributed by atoms with Gasteiger partial charge < -0.3 is 5.32 Å². The van der Waals surface area contributed by atoms with Crippen LogP contribution in [0.15, 0.2) is 12.1 Å². The molecule has 0 aliphatic carbocycles. The molecule has 5 nitrogen and oxygen atoms in total. The molecule has 0 bridgehead atoms. The fraction of sp³-hybridized carbons (Fsp3) is 0.417. The first-order valence-corrected chi connectivity index (χ1v) is 5.69. The molecule has 2 heterocycles. The van der Waals surface area contributed by atoms with Gasteiger partial charge in [0.2, 0.25) is 11.8 Å². The lowest BCUT2D eigenvalue weighted by Gasteiger charge is -2.20. The summed E-state index contributed by atoms with van der Waals surface area (Å²) in [5.74, 6) is -0.391. The molecule has 0 unspecified atom stereocenters. The molecule has 6 heteroatoms. The molecule has 1 aliphatic rings. The summed E-state index contributed by atoms with van der Waals surface area (Å²) in [4.78, 5) is 28.5. The van der Waals surface area contributed by atoms with Gasteiger partial charge in [-0.25, -0.2) is 9.37 Å². The van der Waals surface area contributed by atoms with Gasteiger partial charge in [0.15, 0.2) is 0 Å². The second-order valence-corrected chi connectivity index (χ2v) is 4.29. The van der Waals surface area contributed by atoms with Crippen molar-refractivity contribution >= 4 is 17.6 Å². The molecule has 2 rings (SSSR count). The maximum absolute atomic E-state index is 13.1. The number of aromatic nitrogens is 1. The van der Waals surface area contributed by atoms with Gasteiger partial charge in [-0.15, -0.1) is 0 Å². The zero-order valence-corrected chi connectivity index (χ0v) is 10.2. The summed E-state index contributed by atoms with van der Waals surface area (Å²) in [6.07, 6.45) is 0.850. The number of pyridine rings is 1. The third-order valence-corrected chi connectivity index (χ3v) is 2.97. The lowest BCUT2D eigenvalue weighted by Crippen LogP contribution is -2.43. The van der Waals surface area contributed by atoms with Gasteiger partial charge in [0.05, 0.1) is 5.69 Å². The SMILES string of the molecule is Cc1nc(N(C)C(=O)[C@@H]2CCC(=O)N2)ccc1F. The van der Waals surface area contributed by atoms with Crippen LogP contribution in [-0.2, 0) is 9.59 Å². The number of anilines is 1. The highest BCUT2D eigenvalue weighted by molar-refractivity contribution is 5.99. The van der Waals surface area contributed by atoms with Crippen molar-refractivity contribution < 1.29 is 14.0 Å². The van der Waals surface area contributed by atoms with E-state index >= 15 is 0 Å². The first-order valence-electron chi connectivity index (χ1n) is 5.69. The van der Waals surface area contributed by atoms with Gasteiger partial charge in [0.25, 0.3) is 0 Å². The fourth-order valence-electron chi connectivity index (χ4n) is 1.86. The Morgan fingerprint density at radius 1 is 1.56 bits per heavy atom. The molecule has 1 aliphatic heterocycles. The van der Waals surface area contributed by atoms with Crippen LogP contribution in [-0.4, -0.2) is 29.9 Å². The fourth-order valence-corrected chi connectivity index (χ4v) is 1.86. The predicted octanol–water partition coefficient (Wildman–Crippen LogP) is 0.771. The van der Waals surface area contributed by atoms with Crippen LogP contribution in [0.4, 0.5) is 10.2 Å². The highest BCUT2D eigenvalue weighted by Gasteiger charge is 2.30. The van der Waals surface area contributed by atoms with E-state index in [2.05, 4.69) is 10.3 Å².